The van der Waals surface area contributed by atoms with Crippen LogP contribution in [0, 0.1) is 17.8 Å². The minimum Gasteiger partial charge on any atom is -0.467 e. The Bertz CT molecular complexity index is 695. The number of methoxy groups -OCH3 is 1. The van der Waals surface area contributed by atoms with Crippen molar-refractivity contribution < 1.29 is 33.7 Å². The average molecular weight is 481 g/mol. The largest absolute Gasteiger partial charge is 0.467 e. The van der Waals surface area contributed by atoms with Gasteiger partial charge >= 0.3 is 17.9 Å². The summed E-state index contributed by atoms with van der Waals surface area (Å²) >= 11 is 0. The van der Waals surface area contributed by atoms with Gasteiger partial charge in [0, 0.05) is 25.7 Å². The third-order valence-electron chi connectivity index (χ3n) is 6.45. The lowest BCUT2D eigenvalue weighted by Crippen LogP contribution is -2.35. The van der Waals surface area contributed by atoms with Gasteiger partial charge in [-0.05, 0) is 51.4 Å². The minimum atomic E-state index is -1.52. The lowest BCUT2D eigenvalue weighted by Gasteiger charge is -2.23. The second-order valence-corrected chi connectivity index (χ2v) is 9.48. The standard InChI is InChI=1S/C27H44O7/c1-6-7-8-9-10-12-15-23-22(19-33-20(2)28)18-25(34-21(3)29)24(23)16-13-11-14-17-27(4,31)26(30)32-5/h11-13,15,22-25,31H,6-10,14,16-19H2,1-5H3/b13-11-,15-12+/t22-,23-,24+,25-,27?/m0/s1. The van der Waals surface area contributed by atoms with Gasteiger partial charge in [0.15, 0.2) is 5.60 Å². The van der Waals surface area contributed by atoms with Crippen LogP contribution in [0.2, 0.25) is 0 Å². The number of rotatable bonds is 15. The normalized spacial score (nSPS) is 24.3. The molecular formula is C27H44O7. The molecule has 0 aromatic heterocycles. The van der Waals surface area contributed by atoms with E-state index in [2.05, 4.69) is 23.8 Å². The lowest BCUT2D eigenvalue weighted by molar-refractivity contribution is -0.161. The molecule has 1 saturated carbocycles. The zero-order valence-corrected chi connectivity index (χ0v) is 21.6. The van der Waals surface area contributed by atoms with Crippen molar-refractivity contribution in [1.29, 1.82) is 0 Å². The molecule has 0 saturated heterocycles. The molecule has 0 amide bonds. The number of esters is 3. The first-order chi connectivity index (χ1) is 16.1. The summed E-state index contributed by atoms with van der Waals surface area (Å²) in [6.45, 7) is 6.76. The molecule has 0 aromatic rings. The number of unbranched alkanes of at least 4 members (excludes halogenated alkanes) is 4. The van der Waals surface area contributed by atoms with E-state index in [9.17, 15) is 19.5 Å². The van der Waals surface area contributed by atoms with Crippen molar-refractivity contribution in [2.24, 2.45) is 17.8 Å². The van der Waals surface area contributed by atoms with E-state index in [0.717, 1.165) is 12.8 Å². The van der Waals surface area contributed by atoms with Gasteiger partial charge in [0.2, 0.25) is 0 Å². The molecule has 7 nitrogen and oxygen atoms in total. The van der Waals surface area contributed by atoms with Crippen molar-refractivity contribution in [2.45, 2.75) is 97.2 Å². The zero-order chi connectivity index (χ0) is 25.6. The highest BCUT2D eigenvalue weighted by atomic mass is 16.5. The Balaban J connectivity index is 2.88. The topological polar surface area (TPSA) is 99.1 Å². The number of carbonyl (C=O) groups is 3. The van der Waals surface area contributed by atoms with E-state index >= 15 is 0 Å². The van der Waals surface area contributed by atoms with Gasteiger partial charge in [-0.15, -0.1) is 0 Å². The summed E-state index contributed by atoms with van der Waals surface area (Å²) in [4.78, 5) is 34.8. The summed E-state index contributed by atoms with van der Waals surface area (Å²) < 4.78 is 15.6. The number of ether oxygens (including phenoxy) is 3. The Morgan fingerprint density at radius 1 is 1.03 bits per heavy atom. The van der Waals surface area contributed by atoms with Crippen molar-refractivity contribution in [3.8, 4) is 0 Å². The van der Waals surface area contributed by atoms with E-state index < -0.39 is 11.6 Å². The highest BCUT2D eigenvalue weighted by molar-refractivity contribution is 5.78. The molecule has 5 atom stereocenters. The first-order valence-corrected chi connectivity index (χ1v) is 12.5. The number of allylic oxidation sites excluding steroid dienone is 4. The molecule has 34 heavy (non-hydrogen) atoms. The summed E-state index contributed by atoms with van der Waals surface area (Å²) in [6, 6.07) is 0. The number of aliphatic hydroxyl groups is 1. The molecule has 1 rings (SSSR count). The quantitative estimate of drug-likeness (QED) is 0.154. The SMILES string of the molecule is CCCCCC/C=C/[C@H]1[C@H](COC(C)=O)C[C@H](OC(C)=O)[C@@H]1C/C=C\CCC(C)(O)C(=O)OC. The molecule has 0 aromatic carbocycles. The van der Waals surface area contributed by atoms with Gasteiger partial charge < -0.3 is 19.3 Å². The van der Waals surface area contributed by atoms with E-state index in [1.165, 1.54) is 47.1 Å². The maximum Gasteiger partial charge on any atom is 0.337 e. The molecular weight excluding hydrogens is 436 g/mol. The molecule has 1 N–H and O–H groups in total. The van der Waals surface area contributed by atoms with Crippen molar-refractivity contribution in [1.82, 2.24) is 0 Å². The van der Waals surface area contributed by atoms with Crippen molar-refractivity contribution in [3.63, 3.8) is 0 Å². The van der Waals surface area contributed by atoms with E-state index in [-0.39, 0.29) is 42.2 Å². The fourth-order valence-electron chi connectivity index (χ4n) is 4.59. The Hall–Kier alpha value is -2.15. The number of hydrogen-bond donors (Lipinski definition) is 1. The summed E-state index contributed by atoms with van der Waals surface area (Å²) in [5.74, 6) is -1.01. The monoisotopic (exact) mass is 480 g/mol. The maximum atomic E-state index is 11.7. The first kappa shape index (κ1) is 29.9. The Kier molecular flexibility index (Phi) is 13.8. The van der Waals surface area contributed by atoms with Crippen LogP contribution in [0.15, 0.2) is 24.3 Å². The summed E-state index contributed by atoms with van der Waals surface area (Å²) in [6.07, 6.45) is 16.0. The van der Waals surface area contributed by atoms with Crippen molar-refractivity contribution in [3.05, 3.63) is 24.3 Å². The van der Waals surface area contributed by atoms with Crippen LogP contribution in [-0.4, -0.2) is 48.4 Å². The summed E-state index contributed by atoms with van der Waals surface area (Å²) in [7, 11) is 1.26. The van der Waals surface area contributed by atoms with Crippen LogP contribution in [0.5, 0.6) is 0 Å². The Labute approximate surface area is 204 Å². The van der Waals surface area contributed by atoms with Gasteiger partial charge in [-0.3, -0.25) is 9.59 Å². The molecule has 0 spiro atoms. The van der Waals surface area contributed by atoms with E-state index in [0.29, 0.717) is 25.9 Å². The minimum absolute atomic E-state index is 0.0636. The Morgan fingerprint density at radius 2 is 1.76 bits per heavy atom. The molecule has 0 bridgehead atoms. The lowest BCUT2D eigenvalue weighted by atomic mass is 9.86. The van der Waals surface area contributed by atoms with Crippen LogP contribution >= 0.6 is 0 Å². The summed E-state index contributed by atoms with van der Waals surface area (Å²) in [5, 5.41) is 10.2. The van der Waals surface area contributed by atoms with E-state index in [1.807, 2.05) is 12.2 Å². The van der Waals surface area contributed by atoms with Gasteiger partial charge in [-0.1, -0.05) is 50.5 Å². The second-order valence-electron chi connectivity index (χ2n) is 9.48. The van der Waals surface area contributed by atoms with Gasteiger partial charge in [0.25, 0.3) is 0 Å². The smallest absolute Gasteiger partial charge is 0.337 e. The molecule has 0 aliphatic heterocycles. The molecule has 0 radical (unpaired) electrons. The molecule has 0 heterocycles. The van der Waals surface area contributed by atoms with Crippen LogP contribution < -0.4 is 0 Å². The molecule has 7 heteroatoms. The first-order valence-electron chi connectivity index (χ1n) is 12.5. The van der Waals surface area contributed by atoms with Crippen molar-refractivity contribution in [2.75, 3.05) is 13.7 Å². The van der Waals surface area contributed by atoms with Gasteiger partial charge in [0.05, 0.1) is 13.7 Å². The van der Waals surface area contributed by atoms with Crippen LogP contribution in [0.4, 0.5) is 0 Å². The molecule has 194 valence electrons. The third-order valence-corrected chi connectivity index (χ3v) is 6.45. The average Bonchev–Trinajstić information content (AvgIpc) is 3.09. The maximum absolute atomic E-state index is 11.7. The van der Waals surface area contributed by atoms with Crippen LogP contribution in [-0.2, 0) is 28.6 Å². The Morgan fingerprint density at radius 3 is 2.38 bits per heavy atom. The summed E-state index contributed by atoms with van der Waals surface area (Å²) in [5.41, 5.74) is -1.52. The molecule has 1 aliphatic carbocycles. The number of carbonyl (C=O) groups excluding carboxylic acids is 3. The van der Waals surface area contributed by atoms with E-state index in [1.54, 1.807) is 0 Å². The fraction of sp³-hybridized carbons (Fsp3) is 0.741. The van der Waals surface area contributed by atoms with E-state index in [4.69, 9.17) is 9.47 Å². The highest BCUT2D eigenvalue weighted by Gasteiger charge is 2.43. The number of hydrogen-bond acceptors (Lipinski definition) is 7. The van der Waals surface area contributed by atoms with Gasteiger partial charge in [0.1, 0.15) is 6.10 Å². The van der Waals surface area contributed by atoms with Crippen LogP contribution in [0.3, 0.4) is 0 Å². The molecule has 1 aliphatic rings. The van der Waals surface area contributed by atoms with Gasteiger partial charge in [-0.2, -0.15) is 0 Å². The second kappa shape index (κ2) is 15.7. The van der Waals surface area contributed by atoms with Crippen LogP contribution in [0.1, 0.15) is 85.5 Å². The van der Waals surface area contributed by atoms with Crippen molar-refractivity contribution >= 4 is 17.9 Å². The predicted octanol–water partition coefficient (Wildman–Crippen LogP) is 4.91. The van der Waals surface area contributed by atoms with Gasteiger partial charge in [-0.25, -0.2) is 4.79 Å². The fourth-order valence-corrected chi connectivity index (χ4v) is 4.59. The highest BCUT2D eigenvalue weighted by Crippen LogP contribution is 2.42. The molecule has 1 fully saturated rings. The predicted molar refractivity (Wildman–Crippen MR) is 131 cm³/mol. The molecule has 1 unspecified atom stereocenters. The van der Waals surface area contributed by atoms with Crippen LogP contribution in [0.25, 0.3) is 0 Å². The zero-order valence-electron chi connectivity index (χ0n) is 21.6. The third kappa shape index (κ3) is 10.9.